The standard InChI is InChI=1S/C17H21NO6/c1-3-23-15(20)10-9-14(17(22)24-4-2)18-16(21)13-7-5-12(11-19)6-8-13/h5-8,11,14H,3-4,9-10H2,1-2H3,(H,18,21)/t14-/m0/s1. The zero-order chi connectivity index (χ0) is 17.9. The number of aldehydes is 1. The summed E-state index contributed by atoms with van der Waals surface area (Å²) in [6.07, 6.45) is 0.736. The van der Waals surface area contributed by atoms with Crippen LogP contribution in [0.1, 0.15) is 47.4 Å². The van der Waals surface area contributed by atoms with Crippen molar-refractivity contribution in [2.24, 2.45) is 0 Å². The molecule has 0 bridgehead atoms. The minimum atomic E-state index is -0.951. The monoisotopic (exact) mass is 335 g/mol. The van der Waals surface area contributed by atoms with E-state index in [9.17, 15) is 19.2 Å². The summed E-state index contributed by atoms with van der Waals surface area (Å²) in [4.78, 5) is 46.2. The van der Waals surface area contributed by atoms with Crippen molar-refractivity contribution in [1.82, 2.24) is 5.32 Å². The first kappa shape index (κ1) is 19.3. The Morgan fingerprint density at radius 1 is 1.08 bits per heavy atom. The van der Waals surface area contributed by atoms with E-state index in [0.29, 0.717) is 17.4 Å². The van der Waals surface area contributed by atoms with Gasteiger partial charge in [0.15, 0.2) is 0 Å². The number of esters is 2. The summed E-state index contributed by atoms with van der Waals surface area (Å²) in [5.41, 5.74) is 0.738. The largest absolute Gasteiger partial charge is 0.466 e. The molecule has 0 aromatic heterocycles. The summed E-state index contributed by atoms with van der Waals surface area (Å²) < 4.78 is 9.73. The fourth-order valence-corrected chi connectivity index (χ4v) is 1.94. The average Bonchev–Trinajstić information content (AvgIpc) is 2.58. The molecule has 0 spiro atoms. The van der Waals surface area contributed by atoms with Gasteiger partial charge in [0.1, 0.15) is 12.3 Å². The molecule has 0 saturated heterocycles. The number of hydrogen-bond acceptors (Lipinski definition) is 6. The molecule has 0 aliphatic heterocycles. The van der Waals surface area contributed by atoms with Crippen molar-refractivity contribution < 1.29 is 28.7 Å². The van der Waals surface area contributed by atoms with Crippen LogP contribution in [-0.2, 0) is 19.1 Å². The van der Waals surface area contributed by atoms with E-state index in [0.717, 1.165) is 0 Å². The normalized spacial score (nSPS) is 11.2. The van der Waals surface area contributed by atoms with Crippen molar-refractivity contribution in [1.29, 1.82) is 0 Å². The summed E-state index contributed by atoms with van der Waals surface area (Å²) in [6.45, 7) is 3.75. The highest BCUT2D eigenvalue weighted by Crippen LogP contribution is 2.07. The summed E-state index contributed by atoms with van der Waals surface area (Å²) in [7, 11) is 0. The number of carbonyl (C=O) groups excluding carboxylic acids is 4. The van der Waals surface area contributed by atoms with Gasteiger partial charge in [-0.2, -0.15) is 0 Å². The first-order chi connectivity index (χ1) is 11.5. The molecule has 0 aliphatic rings. The highest BCUT2D eigenvalue weighted by Gasteiger charge is 2.23. The molecule has 0 unspecified atom stereocenters. The predicted molar refractivity (Wildman–Crippen MR) is 85.6 cm³/mol. The summed E-state index contributed by atoms with van der Waals surface area (Å²) >= 11 is 0. The quantitative estimate of drug-likeness (QED) is 0.542. The Kier molecular flexibility index (Phi) is 8.18. The molecule has 130 valence electrons. The predicted octanol–water partition coefficient (Wildman–Crippen LogP) is 1.50. The van der Waals surface area contributed by atoms with Crippen molar-refractivity contribution in [3.63, 3.8) is 0 Å². The van der Waals surface area contributed by atoms with Gasteiger partial charge in [-0.15, -0.1) is 0 Å². The molecule has 0 saturated carbocycles. The summed E-state index contributed by atoms with van der Waals surface area (Å²) in [6, 6.07) is 5.01. The molecule has 7 heteroatoms. The van der Waals surface area contributed by atoms with Crippen molar-refractivity contribution in [3.8, 4) is 0 Å². The third-order valence-electron chi connectivity index (χ3n) is 3.13. The number of benzene rings is 1. The molecule has 1 aromatic carbocycles. The molecule has 1 rings (SSSR count). The Morgan fingerprint density at radius 2 is 1.71 bits per heavy atom. The highest BCUT2D eigenvalue weighted by molar-refractivity contribution is 5.97. The molecular weight excluding hydrogens is 314 g/mol. The third-order valence-corrected chi connectivity index (χ3v) is 3.13. The zero-order valence-electron chi connectivity index (χ0n) is 13.7. The minimum Gasteiger partial charge on any atom is -0.466 e. The lowest BCUT2D eigenvalue weighted by Crippen LogP contribution is -2.42. The van der Waals surface area contributed by atoms with Crippen LogP contribution in [0.3, 0.4) is 0 Å². The summed E-state index contributed by atoms with van der Waals surface area (Å²) in [5, 5.41) is 2.54. The second-order valence-corrected chi connectivity index (χ2v) is 4.86. The van der Waals surface area contributed by atoms with Crippen LogP contribution in [0.15, 0.2) is 24.3 Å². The lowest BCUT2D eigenvalue weighted by atomic mass is 10.1. The van der Waals surface area contributed by atoms with Crippen LogP contribution in [0.4, 0.5) is 0 Å². The van der Waals surface area contributed by atoms with E-state index in [1.165, 1.54) is 24.3 Å². The van der Waals surface area contributed by atoms with Gasteiger partial charge in [-0.3, -0.25) is 14.4 Å². The van der Waals surface area contributed by atoms with E-state index in [-0.39, 0.29) is 26.1 Å². The maximum Gasteiger partial charge on any atom is 0.328 e. The Balaban J connectivity index is 2.74. The molecule has 1 amide bonds. The zero-order valence-corrected chi connectivity index (χ0v) is 13.7. The Morgan fingerprint density at radius 3 is 2.25 bits per heavy atom. The number of amides is 1. The fourth-order valence-electron chi connectivity index (χ4n) is 1.94. The lowest BCUT2D eigenvalue weighted by molar-refractivity contribution is -0.146. The molecule has 7 nitrogen and oxygen atoms in total. The van der Waals surface area contributed by atoms with Crippen LogP contribution in [0, 0.1) is 0 Å². The number of ether oxygens (including phenoxy) is 2. The Bertz CT molecular complexity index is 581. The fraction of sp³-hybridized carbons (Fsp3) is 0.412. The van der Waals surface area contributed by atoms with Gasteiger partial charge in [0, 0.05) is 17.5 Å². The van der Waals surface area contributed by atoms with Crippen molar-refractivity contribution in [3.05, 3.63) is 35.4 Å². The Hall–Kier alpha value is -2.70. The molecule has 0 radical (unpaired) electrons. The lowest BCUT2D eigenvalue weighted by Gasteiger charge is -2.17. The van der Waals surface area contributed by atoms with E-state index >= 15 is 0 Å². The highest BCUT2D eigenvalue weighted by atomic mass is 16.5. The summed E-state index contributed by atoms with van der Waals surface area (Å²) in [5.74, 6) is -1.55. The smallest absolute Gasteiger partial charge is 0.328 e. The van der Waals surface area contributed by atoms with Crippen LogP contribution < -0.4 is 5.32 Å². The van der Waals surface area contributed by atoms with Gasteiger partial charge in [0.25, 0.3) is 5.91 Å². The number of rotatable bonds is 9. The second kappa shape index (κ2) is 10.1. The van der Waals surface area contributed by atoms with Crippen molar-refractivity contribution in [2.45, 2.75) is 32.7 Å². The van der Waals surface area contributed by atoms with Gasteiger partial charge in [-0.1, -0.05) is 12.1 Å². The van der Waals surface area contributed by atoms with E-state index in [4.69, 9.17) is 9.47 Å². The molecule has 0 aliphatic carbocycles. The van der Waals surface area contributed by atoms with E-state index < -0.39 is 23.9 Å². The van der Waals surface area contributed by atoms with Crippen LogP contribution >= 0.6 is 0 Å². The van der Waals surface area contributed by atoms with Gasteiger partial charge in [0.05, 0.1) is 13.2 Å². The van der Waals surface area contributed by atoms with E-state index in [2.05, 4.69) is 5.32 Å². The van der Waals surface area contributed by atoms with Gasteiger partial charge < -0.3 is 14.8 Å². The van der Waals surface area contributed by atoms with Crippen LogP contribution in [0.5, 0.6) is 0 Å². The molecular formula is C17H21NO6. The first-order valence-corrected chi connectivity index (χ1v) is 7.70. The number of hydrogen-bond donors (Lipinski definition) is 1. The number of nitrogens with one attached hydrogen (secondary N) is 1. The van der Waals surface area contributed by atoms with Crippen LogP contribution in [0.2, 0.25) is 0 Å². The van der Waals surface area contributed by atoms with Crippen molar-refractivity contribution >= 4 is 24.1 Å². The van der Waals surface area contributed by atoms with Crippen LogP contribution in [0.25, 0.3) is 0 Å². The van der Waals surface area contributed by atoms with Gasteiger partial charge in [-0.25, -0.2) is 4.79 Å². The second-order valence-electron chi connectivity index (χ2n) is 4.86. The molecule has 0 fully saturated rings. The van der Waals surface area contributed by atoms with Gasteiger partial charge in [-0.05, 0) is 32.4 Å². The van der Waals surface area contributed by atoms with E-state index in [1.807, 2.05) is 0 Å². The SMILES string of the molecule is CCOC(=O)CC[C@H](NC(=O)c1ccc(C=O)cc1)C(=O)OCC. The minimum absolute atomic E-state index is 0.0122. The molecule has 1 aromatic rings. The molecule has 1 atom stereocenters. The topological polar surface area (TPSA) is 98.8 Å². The first-order valence-electron chi connectivity index (χ1n) is 7.70. The maximum absolute atomic E-state index is 12.2. The molecule has 24 heavy (non-hydrogen) atoms. The van der Waals surface area contributed by atoms with Gasteiger partial charge >= 0.3 is 11.9 Å². The third kappa shape index (κ3) is 6.20. The van der Waals surface area contributed by atoms with E-state index in [1.54, 1.807) is 13.8 Å². The maximum atomic E-state index is 12.2. The average molecular weight is 335 g/mol. The molecule has 0 heterocycles. The number of carbonyl (C=O) groups is 4. The Labute approximate surface area is 140 Å². The van der Waals surface area contributed by atoms with Gasteiger partial charge in [0.2, 0.25) is 0 Å². The molecule has 1 N–H and O–H groups in total. The van der Waals surface area contributed by atoms with Crippen LogP contribution in [-0.4, -0.2) is 43.4 Å². The van der Waals surface area contributed by atoms with Crippen molar-refractivity contribution in [2.75, 3.05) is 13.2 Å².